The van der Waals surface area contributed by atoms with Crippen LogP contribution in [0, 0.1) is 11.8 Å². The van der Waals surface area contributed by atoms with Gasteiger partial charge in [-0.3, -0.25) is 0 Å². The lowest BCUT2D eigenvalue weighted by molar-refractivity contribution is 0.315. The monoisotopic (exact) mass is 124 g/mol. The Bertz CT molecular complexity index is 149. The highest BCUT2D eigenvalue weighted by molar-refractivity contribution is 5.09. The Kier molecular flexibility index (Phi) is 1.04. The molecule has 1 N–H and O–H groups in total. The summed E-state index contributed by atoms with van der Waals surface area (Å²) >= 11 is 0. The quantitative estimate of drug-likeness (QED) is 0.525. The maximum Gasteiger partial charge on any atom is 0.0916 e. The number of aliphatic hydroxyl groups excluding tert-OH is 1. The maximum atomic E-state index is 9.26. The van der Waals surface area contributed by atoms with Gasteiger partial charge in [0.05, 0.1) is 5.76 Å². The summed E-state index contributed by atoms with van der Waals surface area (Å²) in [5.74, 6) is 2.05. The molecule has 2 aliphatic rings. The molecule has 0 aliphatic heterocycles. The zero-order valence-corrected chi connectivity index (χ0v) is 5.51. The van der Waals surface area contributed by atoms with Crippen LogP contribution in [-0.2, 0) is 0 Å². The van der Waals surface area contributed by atoms with Gasteiger partial charge < -0.3 is 5.11 Å². The molecule has 9 heavy (non-hydrogen) atoms. The minimum atomic E-state index is 0.560. The standard InChI is InChI=1S/C8H12O/c9-8-5-4-6-2-1-3-7(6)8/h5-7,9H,1-4H2. The minimum absolute atomic E-state index is 0.560. The summed E-state index contributed by atoms with van der Waals surface area (Å²) in [4.78, 5) is 0. The van der Waals surface area contributed by atoms with E-state index in [0.717, 1.165) is 12.3 Å². The third-order valence-corrected chi connectivity index (χ3v) is 2.67. The average Bonchev–Trinajstić information content (AvgIpc) is 2.35. The SMILES string of the molecule is OC1=CCC2CCCC12. The lowest BCUT2D eigenvalue weighted by Crippen LogP contribution is -2.01. The van der Waals surface area contributed by atoms with Gasteiger partial charge in [0.15, 0.2) is 0 Å². The van der Waals surface area contributed by atoms with E-state index in [1.807, 2.05) is 6.08 Å². The third-order valence-electron chi connectivity index (χ3n) is 2.67. The van der Waals surface area contributed by atoms with Crippen LogP contribution in [0.15, 0.2) is 11.8 Å². The predicted octanol–water partition coefficient (Wildman–Crippen LogP) is 2.25. The van der Waals surface area contributed by atoms with Crippen LogP contribution in [0.2, 0.25) is 0 Å². The van der Waals surface area contributed by atoms with Gasteiger partial charge in [-0.2, -0.15) is 0 Å². The second kappa shape index (κ2) is 1.76. The first-order valence-corrected chi connectivity index (χ1v) is 3.77. The largest absolute Gasteiger partial charge is 0.512 e. The van der Waals surface area contributed by atoms with Crippen molar-refractivity contribution in [2.24, 2.45) is 11.8 Å². The Morgan fingerprint density at radius 2 is 2.33 bits per heavy atom. The van der Waals surface area contributed by atoms with Gasteiger partial charge in [0, 0.05) is 5.92 Å². The maximum absolute atomic E-state index is 9.26. The second-order valence-corrected chi connectivity index (χ2v) is 3.16. The van der Waals surface area contributed by atoms with Gasteiger partial charge in [0.2, 0.25) is 0 Å². The summed E-state index contributed by atoms with van der Waals surface area (Å²) in [6, 6.07) is 0. The van der Waals surface area contributed by atoms with Crippen LogP contribution in [0.3, 0.4) is 0 Å². The summed E-state index contributed by atoms with van der Waals surface area (Å²) < 4.78 is 0. The Morgan fingerprint density at radius 3 is 3.11 bits per heavy atom. The Hall–Kier alpha value is -0.460. The Labute approximate surface area is 55.4 Å². The van der Waals surface area contributed by atoms with Crippen molar-refractivity contribution >= 4 is 0 Å². The molecule has 50 valence electrons. The van der Waals surface area contributed by atoms with Gasteiger partial charge in [0.25, 0.3) is 0 Å². The molecule has 2 atom stereocenters. The molecule has 0 aromatic carbocycles. The van der Waals surface area contributed by atoms with Gasteiger partial charge in [-0.05, 0) is 31.3 Å². The summed E-state index contributed by atoms with van der Waals surface area (Å²) in [5.41, 5.74) is 0. The van der Waals surface area contributed by atoms with Gasteiger partial charge in [-0.1, -0.05) is 6.42 Å². The molecule has 0 saturated heterocycles. The highest BCUT2D eigenvalue weighted by atomic mass is 16.3. The molecule has 0 amide bonds. The third kappa shape index (κ3) is 0.673. The fraction of sp³-hybridized carbons (Fsp3) is 0.750. The van der Waals surface area contributed by atoms with Gasteiger partial charge in [0.1, 0.15) is 0 Å². The van der Waals surface area contributed by atoms with Crippen molar-refractivity contribution in [2.75, 3.05) is 0 Å². The van der Waals surface area contributed by atoms with Crippen LogP contribution >= 0.6 is 0 Å². The first-order valence-electron chi connectivity index (χ1n) is 3.77. The number of hydrogen-bond donors (Lipinski definition) is 1. The van der Waals surface area contributed by atoms with E-state index in [1.54, 1.807) is 0 Å². The van der Waals surface area contributed by atoms with E-state index >= 15 is 0 Å². The van der Waals surface area contributed by atoms with Crippen LogP contribution in [0.25, 0.3) is 0 Å². The lowest BCUT2D eigenvalue weighted by Gasteiger charge is -2.07. The summed E-state index contributed by atoms with van der Waals surface area (Å²) in [7, 11) is 0. The van der Waals surface area contributed by atoms with E-state index in [2.05, 4.69) is 0 Å². The van der Waals surface area contributed by atoms with Crippen molar-refractivity contribution in [3.63, 3.8) is 0 Å². The van der Waals surface area contributed by atoms with Crippen molar-refractivity contribution in [3.05, 3.63) is 11.8 Å². The van der Waals surface area contributed by atoms with Crippen LogP contribution in [0.1, 0.15) is 25.7 Å². The minimum Gasteiger partial charge on any atom is -0.512 e. The zero-order chi connectivity index (χ0) is 6.27. The van der Waals surface area contributed by atoms with Gasteiger partial charge in [-0.25, -0.2) is 0 Å². The fourth-order valence-electron chi connectivity index (χ4n) is 2.13. The number of allylic oxidation sites excluding steroid dienone is 2. The molecule has 1 heteroatoms. The van der Waals surface area contributed by atoms with E-state index in [1.165, 1.54) is 19.3 Å². The second-order valence-electron chi connectivity index (χ2n) is 3.16. The first kappa shape index (κ1) is 5.33. The molecule has 0 radical (unpaired) electrons. The lowest BCUT2D eigenvalue weighted by atomic mass is 9.99. The predicted molar refractivity (Wildman–Crippen MR) is 36.2 cm³/mol. The topological polar surface area (TPSA) is 20.2 Å². The highest BCUT2D eigenvalue weighted by Gasteiger charge is 2.33. The highest BCUT2D eigenvalue weighted by Crippen LogP contribution is 2.42. The summed E-state index contributed by atoms with van der Waals surface area (Å²) in [6.45, 7) is 0. The molecule has 2 aliphatic carbocycles. The van der Waals surface area contributed by atoms with Crippen molar-refractivity contribution in [1.29, 1.82) is 0 Å². The van der Waals surface area contributed by atoms with Crippen LogP contribution < -0.4 is 0 Å². The molecule has 0 aromatic heterocycles. The molecule has 0 bridgehead atoms. The van der Waals surface area contributed by atoms with Crippen molar-refractivity contribution < 1.29 is 5.11 Å². The zero-order valence-electron chi connectivity index (χ0n) is 5.51. The first-order chi connectivity index (χ1) is 4.38. The van der Waals surface area contributed by atoms with E-state index in [0.29, 0.717) is 11.7 Å². The Balaban J connectivity index is 2.16. The van der Waals surface area contributed by atoms with Crippen molar-refractivity contribution in [3.8, 4) is 0 Å². The molecule has 2 rings (SSSR count). The molecule has 0 spiro atoms. The molecule has 0 heterocycles. The summed E-state index contributed by atoms with van der Waals surface area (Å²) in [5, 5.41) is 9.26. The van der Waals surface area contributed by atoms with Crippen LogP contribution in [0.4, 0.5) is 0 Å². The van der Waals surface area contributed by atoms with Crippen molar-refractivity contribution in [1.82, 2.24) is 0 Å². The van der Waals surface area contributed by atoms with E-state index in [4.69, 9.17) is 0 Å². The van der Waals surface area contributed by atoms with Gasteiger partial charge in [-0.15, -0.1) is 0 Å². The van der Waals surface area contributed by atoms with E-state index < -0.39 is 0 Å². The number of rotatable bonds is 0. The van der Waals surface area contributed by atoms with Crippen LogP contribution in [0.5, 0.6) is 0 Å². The molecule has 1 fully saturated rings. The molecule has 0 aromatic rings. The fourth-order valence-corrected chi connectivity index (χ4v) is 2.13. The molecular weight excluding hydrogens is 112 g/mol. The number of hydrogen-bond acceptors (Lipinski definition) is 1. The van der Waals surface area contributed by atoms with E-state index in [-0.39, 0.29) is 0 Å². The average molecular weight is 124 g/mol. The number of aliphatic hydroxyl groups is 1. The van der Waals surface area contributed by atoms with Crippen molar-refractivity contribution in [2.45, 2.75) is 25.7 Å². The molecule has 1 nitrogen and oxygen atoms in total. The smallest absolute Gasteiger partial charge is 0.0916 e. The Morgan fingerprint density at radius 1 is 1.44 bits per heavy atom. The molecular formula is C8H12O. The number of fused-ring (bicyclic) bond motifs is 1. The molecule has 2 unspecified atom stereocenters. The summed E-state index contributed by atoms with van der Waals surface area (Å²) in [6.07, 6.45) is 7.02. The normalized spacial score (nSPS) is 40.7. The van der Waals surface area contributed by atoms with Crippen LogP contribution in [-0.4, -0.2) is 5.11 Å². The van der Waals surface area contributed by atoms with E-state index in [9.17, 15) is 5.11 Å². The van der Waals surface area contributed by atoms with Gasteiger partial charge >= 0.3 is 0 Å². The molecule has 1 saturated carbocycles.